The van der Waals surface area contributed by atoms with E-state index in [0.717, 1.165) is 5.57 Å². The van der Waals surface area contributed by atoms with Crippen LogP contribution in [0.5, 0.6) is 0 Å². The van der Waals surface area contributed by atoms with Gasteiger partial charge in [0.15, 0.2) is 0 Å². The van der Waals surface area contributed by atoms with Crippen molar-refractivity contribution in [3.63, 3.8) is 0 Å². The summed E-state index contributed by atoms with van der Waals surface area (Å²) in [6.45, 7) is 7.45. The van der Waals surface area contributed by atoms with Gasteiger partial charge in [-0.25, -0.2) is 4.79 Å². The van der Waals surface area contributed by atoms with Crippen LogP contribution in [0.25, 0.3) is 0 Å². The van der Waals surface area contributed by atoms with Gasteiger partial charge < -0.3 is 20.1 Å². The van der Waals surface area contributed by atoms with Gasteiger partial charge in [-0.15, -0.1) is 0 Å². The first-order valence-corrected chi connectivity index (χ1v) is 5.48. The van der Waals surface area contributed by atoms with Crippen molar-refractivity contribution in [2.45, 2.75) is 6.92 Å². The van der Waals surface area contributed by atoms with Crippen molar-refractivity contribution in [3.05, 3.63) is 12.2 Å². The Balaban J connectivity index is 2.03. The molecule has 1 fully saturated rings. The molecule has 2 N–H and O–H groups in total. The van der Waals surface area contributed by atoms with Crippen molar-refractivity contribution in [1.29, 1.82) is 0 Å². The number of ether oxygens (including phenoxy) is 1. The van der Waals surface area contributed by atoms with Gasteiger partial charge in [0, 0.05) is 19.6 Å². The molecule has 2 amide bonds. The summed E-state index contributed by atoms with van der Waals surface area (Å²) < 4.78 is 5.21. The van der Waals surface area contributed by atoms with Crippen molar-refractivity contribution in [3.8, 4) is 0 Å². The highest BCUT2D eigenvalue weighted by atomic mass is 16.5. The minimum atomic E-state index is -0.848. The van der Waals surface area contributed by atoms with Gasteiger partial charge in [-0.3, -0.25) is 4.79 Å². The maximum absolute atomic E-state index is 11.4. The number of nitrogens with zero attached hydrogens (tertiary/aromatic N) is 1. The Labute approximate surface area is 100 Å². The Kier molecular flexibility index (Phi) is 4.96. The SMILES string of the molecule is C=C(C)COCCNC(=O)N1CC(C(=O)O)C1. The van der Waals surface area contributed by atoms with E-state index in [1.54, 1.807) is 0 Å². The molecule has 1 saturated heterocycles. The summed E-state index contributed by atoms with van der Waals surface area (Å²) in [5, 5.41) is 11.3. The predicted molar refractivity (Wildman–Crippen MR) is 61.7 cm³/mol. The molecule has 6 nitrogen and oxygen atoms in total. The number of nitrogens with one attached hydrogen (secondary N) is 1. The van der Waals surface area contributed by atoms with E-state index in [9.17, 15) is 9.59 Å². The Hall–Kier alpha value is -1.56. The quantitative estimate of drug-likeness (QED) is 0.519. The maximum atomic E-state index is 11.4. The summed E-state index contributed by atoms with van der Waals surface area (Å²) in [5.74, 6) is -1.26. The molecule has 0 radical (unpaired) electrons. The average molecular weight is 242 g/mol. The van der Waals surface area contributed by atoms with Crippen LogP contribution in [-0.4, -0.2) is 54.9 Å². The molecule has 0 aromatic heterocycles. The smallest absolute Gasteiger partial charge is 0.317 e. The second-order valence-corrected chi connectivity index (χ2v) is 4.18. The average Bonchev–Trinajstić information content (AvgIpc) is 2.13. The van der Waals surface area contributed by atoms with E-state index in [-0.39, 0.29) is 19.1 Å². The molecule has 0 bridgehead atoms. The minimum absolute atomic E-state index is 0.235. The Bertz CT molecular complexity index is 311. The first-order chi connectivity index (χ1) is 8.00. The van der Waals surface area contributed by atoms with Gasteiger partial charge in [0.2, 0.25) is 0 Å². The lowest BCUT2D eigenvalue weighted by Gasteiger charge is -2.36. The molecule has 0 unspecified atom stereocenters. The Morgan fingerprint density at radius 2 is 2.18 bits per heavy atom. The monoisotopic (exact) mass is 242 g/mol. The van der Waals surface area contributed by atoms with Crippen LogP contribution in [0.15, 0.2) is 12.2 Å². The zero-order valence-corrected chi connectivity index (χ0v) is 9.94. The molecular formula is C11H18N2O4. The number of rotatable bonds is 6. The van der Waals surface area contributed by atoms with Crippen LogP contribution in [-0.2, 0) is 9.53 Å². The van der Waals surface area contributed by atoms with Crippen LogP contribution in [0.2, 0.25) is 0 Å². The van der Waals surface area contributed by atoms with Crippen LogP contribution in [0.3, 0.4) is 0 Å². The lowest BCUT2D eigenvalue weighted by Crippen LogP contribution is -2.56. The van der Waals surface area contributed by atoms with E-state index in [1.807, 2.05) is 6.92 Å². The van der Waals surface area contributed by atoms with E-state index in [0.29, 0.717) is 19.8 Å². The van der Waals surface area contributed by atoms with E-state index in [1.165, 1.54) is 4.90 Å². The predicted octanol–water partition coefficient (Wildman–Crippen LogP) is 0.305. The van der Waals surface area contributed by atoms with Crippen LogP contribution in [0.1, 0.15) is 6.92 Å². The highest BCUT2D eigenvalue weighted by Crippen LogP contribution is 2.14. The summed E-state index contributed by atoms with van der Waals surface area (Å²) in [6.07, 6.45) is 0. The maximum Gasteiger partial charge on any atom is 0.317 e. The molecule has 96 valence electrons. The molecule has 1 rings (SSSR count). The fourth-order valence-corrected chi connectivity index (χ4v) is 1.39. The van der Waals surface area contributed by atoms with Crippen LogP contribution in [0.4, 0.5) is 4.79 Å². The van der Waals surface area contributed by atoms with Crippen molar-refractivity contribution in [2.24, 2.45) is 5.92 Å². The summed E-state index contributed by atoms with van der Waals surface area (Å²) in [7, 11) is 0. The standard InChI is InChI=1S/C11H18N2O4/c1-8(2)7-17-4-3-12-11(16)13-5-9(6-13)10(14)15/h9H,1,3-7H2,2H3,(H,12,16)(H,14,15). The van der Waals surface area contributed by atoms with E-state index < -0.39 is 11.9 Å². The zero-order valence-electron chi connectivity index (χ0n) is 9.94. The minimum Gasteiger partial charge on any atom is -0.481 e. The van der Waals surface area contributed by atoms with Gasteiger partial charge in [-0.1, -0.05) is 12.2 Å². The van der Waals surface area contributed by atoms with Gasteiger partial charge in [-0.2, -0.15) is 0 Å². The number of carboxylic acids is 1. The third kappa shape index (κ3) is 4.44. The highest BCUT2D eigenvalue weighted by molar-refractivity contribution is 5.79. The molecule has 0 aliphatic carbocycles. The summed E-state index contributed by atoms with van der Waals surface area (Å²) >= 11 is 0. The second kappa shape index (κ2) is 6.24. The third-order valence-electron chi connectivity index (χ3n) is 2.39. The number of likely N-dealkylation sites (tertiary alicyclic amines) is 1. The van der Waals surface area contributed by atoms with Crippen LogP contribution in [0, 0.1) is 5.92 Å². The van der Waals surface area contributed by atoms with Crippen molar-refractivity contribution in [1.82, 2.24) is 10.2 Å². The summed E-state index contributed by atoms with van der Waals surface area (Å²) in [6, 6.07) is -0.235. The van der Waals surface area contributed by atoms with Gasteiger partial charge in [0.05, 0.1) is 19.1 Å². The molecule has 0 spiro atoms. The molecular weight excluding hydrogens is 224 g/mol. The fraction of sp³-hybridized carbons (Fsp3) is 0.636. The first-order valence-electron chi connectivity index (χ1n) is 5.48. The normalized spacial score (nSPS) is 15.2. The number of hydrogen-bond donors (Lipinski definition) is 2. The lowest BCUT2D eigenvalue weighted by molar-refractivity contribution is -0.146. The number of hydrogen-bond acceptors (Lipinski definition) is 3. The first kappa shape index (κ1) is 13.5. The molecule has 0 aromatic rings. The largest absolute Gasteiger partial charge is 0.481 e. The van der Waals surface area contributed by atoms with Crippen LogP contribution < -0.4 is 5.32 Å². The lowest BCUT2D eigenvalue weighted by atomic mass is 10.0. The number of amides is 2. The number of carbonyl (C=O) groups excluding carboxylic acids is 1. The fourth-order valence-electron chi connectivity index (χ4n) is 1.39. The van der Waals surface area contributed by atoms with Gasteiger partial charge >= 0.3 is 12.0 Å². The van der Waals surface area contributed by atoms with Gasteiger partial charge in [0.1, 0.15) is 0 Å². The summed E-state index contributed by atoms with van der Waals surface area (Å²) in [5.41, 5.74) is 0.934. The zero-order chi connectivity index (χ0) is 12.8. The number of carbonyl (C=O) groups is 2. The Morgan fingerprint density at radius 3 is 2.71 bits per heavy atom. The molecule has 6 heteroatoms. The van der Waals surface area contributed by atoms with Crippen LogP contribution >= 0.6 is 0 Å². The molecule has 1 aliphatic rings. The molecule has 1 heterocycles. The molecule has 0 atom stereocenters. The van der Waals surface area contributed by atoms with Crippen molar-refractivity contribution in [2.75, 3.05) is 32.8 Å². The van der Waals surface area contributed by atoms with Crippen molar-refractivity contribution < 1.29 is 19.4 Å². The highest BCUT2D eigenvalue weighted by Gasteiger charge is 2.35. The van der Waals surface area contributed by atoms with Gasteiger partial charge in [-0.05, 0) is 6.92 Å². The molecule has 0 aromatic carbocycles. The number of aliphatic carboxylic acids is 1. The Morgan fingerprint density at radius 1 is 1.53 bits per heavy atom. The van der Waals surface area contributed by atoms with E-state index in [4.69, 9.17) is 9.84 Å². The van der Waals surface area contributed by atoms with Crippen molar-refractivity contribution >= 4 is 12.0 Å². The van der Waals surface area contributed by atoms with E-state index >= 15 is 0 Å². The van der Waals surface area contributed by atoms with Gasteiger partial charge in [0.25, 0.3) is 0 Å². The summed E-state index contributed by atoms with van der Waals surface area (Å²) in [4.78, 5) is 23.4. The second-order valence-electron chi connectivity index (χ2n) is 4.18. The molecule has 17 heavy (non-hydrogen) atoms. The molecule has 1 aliphatic heterocycles. The van der Waals surface area contributed by atoms with E-state index in [2.05, 4.69) is 11.9 Å². The third-order valence-corrected chi connectivity index (χ3v) is 2.39. The number of carboxylic acid groups (broad SMARTS) is 1. The number of urea groups is 1. The molecule has 0 saturated carbocycles. The topological polar surface area (TPSA) is 78.9 Å².